The molecule has 8 heteroatoms. The molecule has 0 saturated heterocycles. The van der Waals surface area contributed by atoms with Crippen molar-refractivity contribution in [3.05, 3.63) is 167 Å². The van der Waals surface area contributed by atoms with Gasteiger partial charge in [-0.15, -0.1) is 0 Å². The van der Waals surface area contributed by atoms with E-state index in [1.54, 1.807) is 26.2 Å². The Morgan fingerprint density at radius 2 is 1.12 bits per heavy atom. The van der Waals surface area contributed by atoms with Crippen molar-refractivity contribution in [1.29, 1.82) is 0 Å². The summed E-state index contributed by atoms with van der Waals surface area (Å²) >= 11 is 0. The van der Waals surface area contributed by atoms with Crippen LogP contribution in [0.2, 0.25) is 0 Å². The standard InChI is InChI=1S/C44H42N2O6/c1-49-38-18-9-31(10-19-38)25-42(47)46(29-33-11-20-39(50-2)21-12-33)43(44(48)45-28-32-7-5-4-6-8-32)37-16-15-36-27-41(24-17-35(36)26-37)52-30-34-13-22-40(51-3)23-14-34/h4-24,26-27,43H,25,28-30H2,1-3H3,(H,45,48). The minimum Gasteiger partial charge on any atom is -0.497 e. The number of nitrogens with zero attached hydrogens (tertiary/aromatic N) is 1. The van der Waals surface area contributed by atoms with Crippen LogP contribution in [0.4, 0.5) is 0 Å². The van der Waals surface area contributed by atoms with Gasteiger partial charge in [0.05, 0.1) is 27.8 Å². The lowest BCUT2D eigenvalue weighted by Crippen LogP contribution is -2.43. The molecule has 0 saturated carbocycles. The second kappa shape index (κ2) is 17.1. The average molecular weight is 695 g/mol. The molecule has 0 heterocycles. The second-order valence-corrected chi connectivity index (χ2v) is 12.4. The van der Waals surface area contributed by atoms with E-state index in [-0.39, 0.29) is 24.8 Å². The van der Waals surface area contributed by atoms with E-state index in [1.807, 2.05) is 140 Å². The number of rotatable bonds is 15. The Balaban J connectivity index is 1.33. The average Bonchev–Trinajstić information content (AvgIpc) is 3.20. The van der Waals surface area contributed by atoms with Gasteiger partial charge in [-0.25, -0.2) is 0 Å². The number of amides is 2. The van der Waals surface area contributed by atoms with Crippen LogP contribution in [0.5, 0.6) is 23.0 Å². The summed E-state index contributed by atoms with van der Waals surface area (Å²) in [5.74, 6) is 2.46. The van der Waals surface area contributed by atoms with Gasteiger partial charge in [0.25, 0.3) is 0 Å². The molecule has 0 aromatic heterocycles. The molecule has 0 bridgehead atoms. The van der Waals surface area contributed by atoms with Gasteiger partial charge < -0.3 is 29.2 Å². The first-order chi connectivity index (χ1) is 25.4. The van der Waals surface area contributed by atoms with Gasteiger partial charge in [-0.2, -0.15) is 0 Å². The minimum atomic E-state index is -0.924. The molecule has 6 rings (SSSR count). The van der Waals surface area contributed by atoms with Gasteiger partial charge in [-0.05, 0) is 93.2 Å². The summed E-state index contributed by atoms with van der Waals surface area (Å²) in [4.78, 5) is 30.4. The van der Waals surface area contributed by atoms with E-state index in [4.69, 9.17) is 18.9 Å². The van der Waals surface area contributed by atoms with Gasteiger partial charge in [0.15, 0.2) is 0 Å². The van der Waals surface area contributed by atoms with Crippen LogP contribution in [0, 0.1) is 0 Å². The molecule has 52 heavy (non-hydrogen) atoms. The van der Waals surface area contributed by atoms with Crippen LogP contribution in [-0.4, -0.2) is 38.0 Å². The first kappa shape index (κ1) is 35.5. The Bertz CT molecular complexity index is 2080. The molecule has 6 aromatic carbocycles. The van der Waals surface area contributed by atoms with Crippen LogP contribution >= 0.6 is 0 Å². The third kappa shape index (κ3) is 9.08. The smallest absolute Gasteiger partial charge is 0.247 e. The maximum atomic E-state index is 14.4. The Hall–Kier alpha value is -6.28. The van der Waals surface area contributed by atoms with Crippen molar-refractivity contribution in [3.63, 3.8) is 0 Å². The number of ether oxygens (including phenoxy) is 4. The zero-order chi connectivity index (χ0) is 36.3. The normalized spacial score (nSPS) is 11.4. The van der Waals surface area contributed by atoms with Crippen LogP contribution in [0.15, 0.2) is 140 Å². The minimum absolute atomic E-state index is 0.102. The van der Waals surface area contributed by atoms with Crippen molar-refractivity contribution in [2.45, 2.75) is 32.2 Å². The Labute approximate surface area is 304 Å². The predicted octanol–water partition coefficient (Wildman–Crippen LogP) is 8.07. The van der Waals surface area contributed by atoms with Crippen LogP contribution in [0.25, 0.3) is 10.8 Å². The molecular weight excluding hydrogens is 652 g/mol. The summed E-state index contributed by atoms with van der Waals surface area (Å²) in [5, 5.41) is 4.98. The number of hydrogen-bond acceptors (Lipinski definition) is 6. The molecule has 1 unspecified atom stereocenters. The van der Waals surface area contributed by atoms with Crippen LogP contribution in [0.3, 0.4) is 0 Å². The van der Waals surface area contributed by atoms with Gasteiger partial charge in [-0.3, -0.25) is 9.59 Å². The molecule has 8 nitrogen and oxygen atoms in total. The van der Waals surface area contributed by atoms with E-state index in [1.165, 1.54) is 0 Å². The topological polar surface area (TPSA) is 86.3 Å². The maximum absolute atomic E-state index is 14.4. The molecule has 2 amide bonds. The summed E-state index contributed by atoms with van der Waals surface area (Å²) in [6.07, 6.45) is 0.102. The quantitative estimate of drug-likeness (QED) is 0.117. The molecule has 1 N–H and O–H groups in total. The van der Waals surface area contributed by atoms with Gasteiger partial charge in [0.1, 0.15) is 35.6 Å². The summed E-state index contributed by atoms with van der Waals surface area (Å²) in [5.41, 5.74) is 4.36. The van der Waals surface area contributed by atoms with Gasteiger partial charge in [-0.1, -0.05) is 84.9 Å². The lowest BCUT2D eigenvalue weighted by molar-refractivity contribution is -0.141. The second-order valence-electron chi connectivity index (χ2n) is 12.4. The highest BCUT2D eigenvalue weighted by atomic mass is 16.5. The molecule has 1 atom stereocenters. The number of carbonyl (C=O) groups excluding carboxylic acids is 2. The molecule has 0 aliphatic heterocycles. The van der Waals surface area contributed by atoms with Gasteiger partial charge >= 0.3 is 0 Å². The van der Waals surface area contributed by atoms with Gasteiger partial charge in [0.2, 0.25) is 11.8 Å². The number of nitrogens with one attached hydrogen (secondary N) is 1. The predicted molar refractivity (Wildman–Crippen MR) is 203 cm³/mol. The van der Waals surface area contributed by atoms with E-state index >= 15 is 0 Å². The Morgan fingerprint density at radius 3 is 1.73 bits per heavy atom. The molecule has 264 valence electrons. The number of benzene rings is 6. The lowest BCUT2D eigenvalue weighted by atomic mass is 9.98. The zero-order valence-corrected chi connectivity index (χ0v) is 29.6. The fraction of sp³-hybridized carbons (Fsp3) is 0.182. The number of fused-ring (bicyclic) bond motifs is 1. The largest absolute Gasteiger partial charge is 0.497 e. The molecule has 0 aliphatic rings. The van der Waals surface area contributed by atoms with E-state index in [0.717, 1.165) is 44.5 Å². The third-order valence-electron chi connectivity index (χ3n) is 8.93. The lowest BCUT2D eigenvalue weighted by Gasteiger charge is -2.32. The fourth-order valence-electron chi connectivity index (χ4n) is 6.02. The maximum Gasteiger partial charge on any atom is 0.247 e. The van der Waals surface area contributed by atoms with Crippen molar-refractivity contribution in [3.8, 4) is 23.0 Å². The summed E-state index contributed by atoms with van der Waals surface area (Å²) in [6, 6.07) is 43.3. The first-order valence-corrected chi connectivity index (χ1v) is 17.1. The molecular formula is C44H42N2O6. The van der Waals surface area contributed by atoms with Crippen molar-refractivity contribution in [2.24, 2.45) is 0 Å². The van der Waals surface area contributed by atoms with E-state index in [2.05, 4.69) is 5.32 Å². The zero-order valence-electron chi connectivity index (χ0n) is 29.6. The molecule has 6 aromatic rings. The van der Waals surface area contributed by atoms with Crippen molar-refractivity contribution in [2.75, 3.05) is 21.3 Å². The van der Waals surface area contributed by atoms with E-state index in [9.17, 15) is 9.59 Å². The number of hydrogen-bond donors (Lipinski definition) is 1. The number of methoxy groups -OCH3 is 3. The van der Waals surface area contributed by atoms with Crippen molar-refractivity contribution in [1.82, 2.24) is 10.2 Å². The highest BCUT2D eigenvalue weighted by molar-refractivity contribution is 5.92. The highest BCUT2D eigenvalue weighted by Gasteiger charge is 2.32. The third-order valence-corrected chi connectivity index (χ3v) is 8.93. The molecule has 0 spiro atoms. The molecule has 0 fully saturated rings. The summed E-state index contributed by atoms with van der Waals surface area (Å²) in [6.45, 7) is 0.939. The van der Waals surface area contributed by atoms with E-state index in [0.29, 0.717) is 30.2 Å². The Morgan fingerprint density at radius 1 is 0.577 bits per heavy atom. The summed E-state index contributed by atoms with van der Waals surface area (Å²) in [7, 11) is 4.86. The summed E-state index contributed by atoms with van der Waals surface area (Å²) < 4.78 is 22.1. The van der Waals surface area contributed by atoms with E-state index < -0.39 is 6.04 Å². The molecule has 0 radical (unpaired) electrons. The fourth-order valence-corrected chi connectivity index (χ4v) is 6.02. The van der Waals surface area contributed by atoms with Crippen LogP contribution in [-0.2, 0) is 35.7 Å². The Kier molecular flexibility index (Phi) is 11.7. The van der Waals surface area contributed by atoms with Crippen LogP contribution in [0.1, 0.15) is 33.9 Å². The molecule has 0 aliphatic carbocycles. The monoisotopic (exact) mass is 694 g/mol. The van der Waals surface area contributed by atoms with Crippen molar-refractivity contribution >= 4 is 22.6 Å². The van der Waals surface area contributed by atoms with Crippen LogP contribution < -0.4 is 24.3 Å². The SMILES string of the molecule is COc1ccc(COc2ccc3cc(C(C(=O)NCc4ccccc4)N(Cc4ccc(OC)cc4)C(=O)Cc4ccc(OC)cc4)ccc3c2)cc1. The first-order valence-electron chi connectivity index (χ1n) is 17.1. The number of carbonyl (C=O) groups is 2. The van der Waals surface area contributed by atoms with Crippen molar-refractivity contribution < 1.29 is 28.5 Å². The highest BCUT2D eigenvalue weighted by Crippen LogP contribution is 2.30. The van der Waals surface area contributed by atoms with Gasteiger partial charge in [0, 0.05) is 13.1 Å².